The number of carbonyl (C=O) groups is 2. The van der Waals surface area contributed by atoms with Crippen LogP contribution in [0.1, 0.15) is 18.4 Å². The molecule has 0 aliphatic carbocycles. The van der Waals surface area contributed by atoms with E-state index in [9.17, 15) is 14.0 Å². The highest BCUT2D eigenvalue weighted by Gasteiger charge is 2.26. The summed E-state index contributed by atoms with van der Waals surface area (Å²) in [4.78, 5) is 26.7. The maximum Gasteiger partial charge on any atom is 0.238 e. The van der Waals surface area contributed by atoms with Crippen LogP contribution in [-0.4, -0.2) is 43.1 Å². The first-order valence-corrected chi connectivity index (χ1v) is 10.0. The largest absolute Gasteiger partial charge is 0.454 e. The zero-order valence-electron chi connectivity index (χ0n) is 16.5. The Balaban J connectivity index is 1.18. The fourth-order valence-electron chi connectivity index (χ4n) is 3.67. The second-order valence-corrected chi connectivity index (χ2v) is 7.51. The second kappa shape index (κ2) is 9.13. The van der Waals surface area contributed by atoms with Gasteiger partial charge in [0.25, 0.3) is 0 Å². The molecule has 0 radical (unpaired) electrons. The average Bonchev–Trinajstić information content (AvgIpc) is 3.22. The van der Waals surface area contributed by atoms with Crippen LogP contribution in [0.15, 0.2) is 42.5 Å². The van der Waals surface area contributed by atoms with Crippen molar-refractivity contribution >= 4 is 17.5 Å². The van der Waals surface area contributed by atoms with Gasteiger partial charge in [0, 0.05) is 18.2 Å². The second-order valence-electron chi connectivity index (χ2n) is 7.51. The molecule has 0 spiro atoms. The minimum Gasteiger partial charge on any atom is -0.454 e. The molecule has 1 fully saturated rings. The van der Waals surface area contributed by atoms with Crippen molar-refractivity contribution in [3.05, 3.63) is 53.8 Å². The van der Waals surface area contributed by atoms with Crippen LogP contribution < -0.4 is 20.1 Å². The SMILES string of the molecule is O=C(CN1CCC(C(=O)NCc2ccc3c(c2)OCO3)CC1)Nc1ccc(F)cc1. The number of halogens is 1. The maximum absolute atomic E-state index is 12.9. The molecule has 0 unspecified atom stereocenters. The molecule has 2 aliphatic rings. The third-order valence-corrected chi connectivity index (χ3v) is 5.36. The molecule has 2 heterocycles. The molecule has 0 atom stereocenters. The summed E-state index contributed by atoms with van der Waals surface area (Å²) in [5, 5.41) is 5.75. The average molecular weight is 413 g/mol. The smallest absolute Gasteiger partial charge is 0.238 e. The minimum atomic E-state index is -0.341. The molecule has 0 bridgehead atoms. The van der Waals surface area contributed by atoms with Gasteiger partial charge >= 0.3 is 0 Å². The molecular weight excluding hydrogens is 389 g/mol. The number of ether oxygens (including phenoxy) is 2. The Kier molecular flexibility index (Phi) is 6.13. The fraction of sp³-hybridized carbons (Fsp3) is 0.364. The predicted octanol–water partition coefficient (Wildman–Crippen LogP) is 2.52. The number of carbonyl (C=O) groups excluding carboxylic acids is 2. The molecule has 8 heteroatoms. The minimum absolute atomic E-state index is 0.0306. The first-order chi connectivity index (χ1) is 14.6. The molecule has 0 saturated carbocycles. The molecule has 4 rings (SSSR count). The first-order valence-electron chi connectivity index (χ1n) is 10.0. The molecule has 2 aliphatic heterocycles. The lowest BCUT2D eigenvalue weighted by atomic mass is 9.96. The van der Waals surface area contributed by atoms with Crippen molar-refractivity contribution in [1.29, 1.82) is 0 Å². The molecule has 0 aromatic heterocycles. The molecule has 2 aromatic carbocycles. The van der Waals surface area contributed by atoms with Crippen LogP contribution in [0, 0.1) is 11.7 Å². The van der Waals surface area contributed by atoms with Crippen molar-refractivity contribution in [1.82, 2.24) is 10.2 Å². The highest BCUT2D eigenvalue weighted by Crippen LogP contribution is 2.32. The Morgan fingerprint density at radius 3 is 2.53 bits per heavy atom. The van der Waals surface area contributed by atoms with E-state index >= 15 is 0 Å². The summed E-state index contributed by atoms with van der Waals surface area (Å²) >= 11 is 0. The van der Waals surface area contributed by atoms with Gasteiger partial charge in [0.2, 0.25) is 18.6 Å². The number of fused-ring (bicyclic) bond motifs is 1. The van der Waals surface area contributed by atoms with E-state index in [1.807, 2.05) is 23.1 Å². The fourth-order valence-corrected chi connectivity index (χ4v) is 3.67. The van der Waals surface area contributed by atoms with Crippen molar-refractivity contribution < 1.29 is 23.5 Å². The van der Waals surface area contributed by atoms with E-state index in [-0.39, 0.29) is 36.9 Å². The number of nitrogens with one attached hydrogen (secondary N) is 2. The number of piperidine rings is 1. The van der Waals surface area contributed by atoms with Crippen molar-refractivity contribution in [3.63, 3.8) is 0 Å². The molecule has 158 valence electrons. The van der Waals surface area contributed by atoms with E-state index in [0.717, 1.165) is 11.3 Å². The lowest BCUT2D eigenvalue weighted by Gasteiger charge is -2.30. The molecular formula is C22H24FN3O4. The molecule has 2 N–H and O–H groups in total. The number of hydrogen-bond acceptors (Lipinski definition) is 5. The van der Waals surface area contributed by atoms with Crippen molar-refractivity contribution in [2.45, 2.75) is 19.4 Å². The molecule has 7 nitrogen and oxygen atoms in total. The molecule has 30 heavy (non-hydrogen) atoms. The van der Waals surface area contributed by atoms with Crippen LogP contribution in [-0.2, 0) is 16.1 Å². The summed E-state index contributed by atoms with van der Waals surface area (Å²) in [6.07, 6.45) is 1.41. The van der Waals surface area contributed by atoms with E-state index in [4.69, 9.17) is 9.47 Å². The van der Waals surface area contributed by atoms with Crippen LogP contribution in [0.3, 0.4) is 0 Å². The van der Waals surface area contributed by atoms with Gasteiger partial charge in [0.1, 0.15) is 5.82 Å². The van der Waals surface area contributed by atoms with Crippen molar-refractivity contribution in [2.24, 2.45) is 5.92 Å². The Hall–Kier alpha value is -3.13. The van der Waals surface area contributed by atoms with Gasteiger partial charge in [-0.1, -0.05) is 6.07 Å². The van der Waals surface area contributed by atoms with Gasteiger partial charge in [-0.2, -0.15) is 0 Å². The normalized spacial score (nSPS) is 16.3. The lowest BCUT2D eigenvalue weighted by molar-refractivity contribution is -0.126. The lowest BCUT2D eigenvalue weighted by Crippen LogP contribution is -2.43. The summed E-state index contributed by atoms with van der Waals surface area (Å²) in [6, 6.07) is 11.3. The Labute approximate surface area is 174 Å². The topological polar surface area (TPSA) is 79.9 Å². The molecule has 2 amide bonds. The van der Waals surface area contributed by atoms with Gasteiger partial charge in [-0.15, -0.1) is 0 Å². The van der Waals surface area contributed by atoms with E-state index in [1.54, 1.807) is 0 Å². The van der Waals surface area contributed by atoms with E-state index < -0.39 is 0 Å². The van der Waals surface area contributed by atoms with Crippen LogP contribution >= 0.6 is 0 Å². The van der Waals surface area contributed by atoms with Gasteiger partial charge in [0.05, 0.1) is 6.54 Å². The van der Waals surface area contributed by atoms with Gasteiger partial charge in [0.15, 0.2) is 11.5 Å². The number of nitrogens with zero attached hydrogens (tertiary/aromatic N) is 1. The summed E-state index contributed by atoms with van der Waals surface area (Å²) in [5.74, 6) is 0.910. The summed E-state index contributed by atoms with van der Waals surface area (Å²) < 4.78 is 23.6. The van der Waals surface area contributed by atoms with Crippen molar-refractivity contribution in [2.75, 3.05) is 31.7 Å². The maximum atomic E-state index is 12.9. The zero-order chi connectivity index (χ0) is 20.9. The molecule has 2 aromatic rings. The highest BCUT2D eigenvalue weighted by atomic mass is 19.1. The zero-order valence-corrected chi connectivity index (χ0v) is 16.5. The van der Waals surface area contributed by atoms with Crippen LogP contribution in [0.2, 0.25) is 0 Å². The Bertz CT molecular complexity index is 911. The van der Waals surface area contributed by atoms with E-state index in [2.05, 4.69) is 10.6 Å². The quantitative estimate of drug-likeness (QED) is 0.761. The third kappa shape index (κ3) is 5.07. The number of anilines is 1. The standard InChI is InChI=1S/C22H24FN3O4/c23-17-2-4-18(5-3-17)25-21(27)13-26-9-7-16(8-10-26)22(28)24-12-15-1-6-19-20(11-15)30-14-29-19/h1-6,11,16H,7-10,12-14H2,(H,24,28)(H,25,27). The van der Waals surface area contributed by atoms with Crippen molar-refractivity contribution in [3.8, 4) is 11.5 Å². The summed E-state index contributed by atoms with van der Waals surface area (Å²) in [6.45, 7) is 2.28. The van der Waals surface area contributed by atoms with Gasteiger partial charge in [-0.05, 0) is 67.9 Å². The van der Waals surface area contributed by atoms with Crippen LogP contribution in [0.5, 0.6) is 11.5 Å². The number of amides is 2. The van der Waals surface area contributed by atoms with Crippen LogP contribution in [0.25, 0.3) is 0 Å². The first kappa shape index (κ1) is 20.2. The number of rotatable bonds is 6. The predicted molar refractivity (Wildman–Crippen MR) is 109 cm³/mol. The highest BCUT2D eigenvalue weighted by molar-refractivity contribution is 5.92. The Morgan fingerprint density at radius 2 is 1.77 bits per heavy atom. The van der Waals surface area contributed by atoms with Gasteiger partial charge in [-0.3, -0.25) is 14.5 Å². The summed E-state index contributed by atoms with van der Waals surface area (Å²) in [7, 11) is 0. The van der Waals surface area contributed by atoms with E-state index in [1.165, 1.54) is 24.3 Å². The number of hydrogen-bond donors (Lipinski definition) is 2. The number of likely N-dealkylation sites (tertiary alicyclic amines) is 1. The number of benzene rings is 2. The van der Waals surface area contributed by atoms with Gasteiger partial charge < -0.3 is 20.1 Å². The van der Waals surface area contributed by atoms with E-state index in [0.29, 0.717) is 43.9 Å². The summed E-state index contributed by atoms with van der Waals surface area (Å²) in [5.41, 5.74) is 1.53. The monoisotopic (exact) mass is 413 g/mol. The molecule has 1 saturated heterocycles. The van der Waals surface area contributed by atoms with Crippen LogP contribution in [0.4, 0.5) is 10.1 Å². The van der Waals surface area contributed by atoms with Gasteiger partial charge in [-0.25, -0.2) is 4.39 Å². The third-order valence-electron chi connectivity index (χ3n) is 5.36. The Morgan fingerprint density at radius 1 is 1.03 bits per heavy atom.